The molecule has 1 fully saturated rings. The Bertz CT molecular complexity index is 761. The summed E-state index contributed by atoms with van der Waals surface area (Å²) in [6, 6.07) is 5.26. The van der Waals surface area contributed by atoms with Crippen molar-refractivity contribution in [3.05, 3.63) is 40.4 Å². The molecular weight excluding hydrogens is 364 g/mol. The Balaban J connectivity index is 1.79. The number of carboxylic acids is 1. The van der Waals surface area contributed by atoms with E-state index in [-0.39, 0.29) is 33.5 Å². The van der Waals surface area contributed by atoms with Crippen molar-refractivity contribution in [2.24, 2.45) is 11.3 Å². The summed E-state index contributed by atoms with van der Waals surface area (Å²) in [6.45, 7) is 1.16. The highest BCUT2D eigenvalue weighted by atomic mass is 32.2. The van der Waals surface area contributed by atoms with Crippen LogP contribution in [0.15, 0.2) is 34.9 Å². The van der Waals surface area contributed by atoms with Gasteiger partial charge in [0.25, 0.3) is 5.91 Å². The molecule has 0 bridgehead atoms. The van der Waals surface area contributed by atoms with Crippen molar-refractivity contribution >= 4 is 23.6 Å². The van der Waals surface area contributed by atoms with Crippen molar-refractivity contribution < 1.29 is 28.2 Å². The fourth-order valence-electron chi connectivity index (χ4n) is 3.69. The second-order valence-corrected chi connectivity index (χ2v) is 8.32. The summed E-state index contributed by atoms with van der Waals surface area (Å²) in [6.07, 6.45) is 1.84. The van der Waals surface area contributed by atoms with Crippen LogP contribution in [0.25, 0.3) is 0 Å². The fraction of sp³-hybridized carbons (Fsp3) is 0.444. The van der Waals surface area contributed by atoms with Crippen LogP contribution < -0.4 is 10.1 Å². The quantitative estimate of drug-likeness (QED) is 0.807. The zero-order valence-corrected chi connectivity index (χ0v) is 15.1. The molecule has 2 unspecified atom stereocenters. The third kappa shape index (κ3) is 3.56. The van der Waals surface area contributed by atoms with Gasteiger partial charge in [-0.05, 0) is 42.5 Å². The molecule has 5 nitrogen and oxygen atoms in total. The van der Waals surface area contributed by atoms with Crippen molar-refractivity contribution in [2.45, 2.75) is 38.6 Å². The Morgan fingerprint density at radius 1 is 1.31 bits per heavy atom. The number of amides is 1. The molecule has 1 aromatic rings. The summed E-state index contributed by atoms with van der Waals surface area (Å²) < 4.78 is 28.6. The van der Waals surface area contributed by atoms with Gasteiger partial charge in [0.1, 0.15) is 5.75 Å². The molecule has 1 heterocycles. The van der Waals surface area contributed by atoms with Gasteiger partial charge >= 0.3 is 12.6 Å². The molecule has 3 rings (SSSR count). The minimum Gasteiger partial charge on any atom is -0.478 e. The Morgan fingerprint density at radius 2 is 1.96 bits per heavy atom. The third-order valence-electron chi connectivity index (χ3n) is 4.91. The van der Waals surface area contributed by atoms with E-state index >= 15 is 0 Å². The molecule has 140 valence electrons. The lowest BCUT2D eigenvalue weighted by Gasteiger charge is -2.26. The first-order chi connectivity index (χ1) is 12.2. The van der Waals surface area contributed by atoms with Crippen molar-refractivity contribution in [1.82, 2.24) is 5.32 Å². The van der Waals surface area contributed by atoms with Gasteiger partial charge < -0.3 is 15.2 Å². The van der Waals surface area contributed by atoms with E-state index in [9.17, 15) is 23.5 Å². The number of alkyl halides is 2. The van der Waals surface area contributed by atoms with E-state index in [4.69, 9.17) is 0 Å². The molecule has 1 saturated carbocycles. The molecule has 2 atom stereocenters. The number of hydrogen-bond donors (Lipinski definition) is 2. The molecule has 0 radical (unpaired) electrons. The van der Waals surface area contributed by atoms with Crippen LogP contribution in [-0.2, 0) is 4.79 Å². The average Bonchev–Trinajstić information content (AvgIpc) is 3.05. The van der Waals surface area contributed by atoms with E-state index < -0.39 is 18.5 Å². The molecule has 0 saturated heterocycles. The van der Waals surface area contributed by atoms with Crippen molar-refractivity contribution in [3.63, 3.8) is 0 Å². The van der Waals surface area contributed by atoms with E-state index in [0.29, 0.717) is 5.03 Å². The lowest BCUT2D eigenvalue weighted by molar-refractivity contribution is -0.133. The number of carboxylic acid groups (broad SMARTS) is 1. The number of aliphatic carboxylic acids is 1. The molecule has 0 spiro atoms. The lowest BCUT2D eigenvalue weighted by atomic mass is 9.77. The van der Waals surface area contributed by atoms with Gasteiger partial charge in [0, 0.05) is 16.7 Å². The van der Waals surface area contributed by atoms with E-state index in [1.165, 1.54) is 36.0 Å². The molecule has 1 aromatic carbocycles. The Hall–Kier alpha value is -2.09. The first-order valence-corrected chi connectivity index (χ1v) is 9.07. The van der Waals surface area contributed by atoms with Crippen LogP contribution in [-0.4, -0.2) is 28.8 Å². The lowest BCUT2D eigenvalue weighted by Crippen LogP contribution is -2.28. The number of rotatable bonds is 5. The van der Waals surface area contributed by atoms with Gasteiger partial charge in [-0.25, -0.2) is 4.79 Å². The first-order valence-electron chi connectivity index (χ1n) is 8.19. The van der Waals surface area contributed by atoms with Gasteiger partial charge in [-0.15, -0.1) is 11.8 Å². The third-order valence-corrected chi connectivity index (χ3v) is 6.28. The fourth-order valence-corrected chi connectivity index (χ4v) is 5.36. The van der Waals surface area contributed by atoms with Gasteiger partial charge in [-0.3, -0.25) is 4.79 Å². The van der Waals surface area contributed by atoms with Crippen molar-refractivity contribution in [3.8, 4) is 5.75 Å². The normalized spacial score (nSPS) is 23.9. The van der Waals surface area contributed by atoms with Crippen LogP contribution in [0.3, 0.4) is 0 Å². The van der Waals surface area contributed by atoms with Gasteiger partial charge in [-0.1, -0.05) is 13.8 Å². The number of fused-ring (bicyclic) bond motifs is 1. The van der Waals surface area contributed by atoms with E-state index in [0.717, 1.165) is 12.8 Å². The minimum atomic E-state index is -2.93. The predicted octanol–water partition coefficient (Wildman–Crippen LogP) is 3.87. The van der Waals surface area contributed by atoms with Crippen molar-refractivity contribution in [1.29, 1.82) is 0 Å². The number of ether oxygens (including phenoxy) is 1. The molecule has 26 heavy (non-hydrogen) atoms. The molecule has 0 aromatic heterocycles. The number of benzene rings is 1. The zero-order chi connectivity index (χ0) is 19.1. The molecule has 2 aliphatic rings. The molecule has 1 aliphatic heterocycles. The van der Waals surface area contributed by atoms with Crippen LogP contribution in [0.5, 0.6) is 5.75 Å². The first kappa shape index (κ1) is 18.7. The SMILES string of the molecule is CC1(C)CCC2SC(NC(=O)c3ccc(OC(F)F)cc3)=C(C(=O)O)C21. The largest absolute Gasteiger partial charge is 0.478 e. The molecule has 2 N–H and O–H groups in total. The molecular formula is C18H19F2NO4S. The topological polar surface area (TPSA) is 75.6 Å². The summed E-state index contributed by atoms with van der Waals surface area (Å²) in [5.41, 5.74) is 0.362. The number of carbonyl (C=O) groups is 2. The molecule has 1 aliphatic carbocycles. The van der Waals surface area contributed by atoms with Crippen LogP contribution >= 0.6 is 11.8 Å². The van der Waals surface area contributed by atoms with Crippen LogP contribution in [0.1, 0.15) is 37.0 Å². The number of thioether (sulfide) groups is 1. The van der Waals surface area contributed by atoms with Gasteiger partial charge in [0.2, 0.25) is 0 Å². The summed E-state index contributed by atoms with van der Waals surface area (Å²) >= 11 is 1.40. The zero-order valence-electron chi connectivity index (χ0n) is 14.3. The highest BCUT2D eigenvalue weighted by Crippen LogP contribution is 2.57. The summed E-state index contributed by atoms with van der Waals surface area (Å²) in [5.74, 6) is -1.65. The predicted molar refractivity (Wildman–Crippen MR) is 93.1 cm³/mol. The van der Waals surface area contributed by atoms with Crippen LogP contribution in [0, 0.1) is 11.3 Å². The summed E-state index contributed by atoms with van der Waals surface area (Å²) in [4.78, 5) is 24.2. The average molecular weight is 383 g/mol. The van der Waals surface area contributed by atoms with Crippen molar-refractivity contribution in [2.75, 3.05) is 0 Å². The smallest absolute Gasteiger partial charge is 0.387 e. The van der Waals surface area contributed by atoms with Gasteiger partial charge in [0.05, 0.1) is 10.6 Å². The standard InChI is InChI=1S/C18H19F2NO4S/c1-18(2)8-7-11-13(18)12(16(23)24)15(26-11)21-14(22)9-3-5-10(6-4-9)25-17(19)20/h3-6,11,13,17H,7-8H2,1-2H3,(H,21,22)(H,23,24). The number of carbonyl (C=O) groups excluding carboxylic acids is 1. The highest BCUT2D eigenvalue weighted by molar-refractivity contribution is 8.04. The highest BCUT2D eigenvalue weighted by Gasteiger charge is 2.51. The van der Waals surface area contributed by atoms with Crippen LogP contribution in [0.4, 0.5) is 8.78 Å². The maximum absolute atomic E-state index is 12.4. The number of hydrogen-bond acceptors (Lipinski definition) is 4. The molecule has 1 amide bonds. The van der Waals surface area contributed by atoms with Gasteiger partial charge in [0.15, 0.2) is 0 Å². The van der Waals surface area contributed by atoms with Gasteiger partial charge in [-0.2, -0.15) is 8.78 Å². The summed E-state index contributed by atoms with van der Waals surface area (Å²) in [5, 5.41) is 12.9. The number of nitrogens with one attached hydrogen (secondary N) is 1. The van der Waals surface area contributed by atoms with Crippen LogP contribution in [0.2, 0.25) is 0 Å². The maximum Gasteiger partial charge on any atom is 0.387 e. The monoisotopic (exact) mass is 383 g/mol. The van der Waals surface area contributed by atoms with E-state index in [1.807, 2.05) is 13.8 Å². The minimum absolute atomic E-state index is 0.0477. The maximum atomic E-state index is 12.4. The molecule has 8 heteroatoms. The second-order valence-electron chi connectivity index (χ2n) is 7.07. The summed E-state index contributed by atoms with van der Waals surface area (Å²) in [7, 11) is 0. The van der Waals surface area contributed by atoms with E-state index in [1.54, 1.807) is 0 Å². The Morgan fingerprint density at radius 3 is 2.54 bits per heavy atom. The Labute approximate surface area is 153 Å². The second kappa shape index (κ2) is 6.90. The van der Waals surface area contributed by atoms with E-state index in [2.05, 4.69) is 10.1 Å². The number of halogens is 2. The Kier molecular flexibility index (Phi) is 4.96.